The molecule has 0 spiro atoms. The summed E-state index contributed by atoms with van der Waals surface area (Å²) in [5.41, 5.74) is 1.97. The molecule has 0 aromatic heterocycles. The van der Waals surface area contributed by atoms with E-state index in [0.29, 0.717) is 11.4 Å². The minimum Gasteiger partial charge on any atom is -0.466 e. The van der Waals surface area contributed by atoms with Gasteiger partial charge >= 0.3 is 5.97 Å². The number of benzene rings is 2. The molecule has 112 valence electrons. The van der Waals surface area contributed by atoms with Crippen LogP contribution in [-0.4, -0.2) is 18.0 Å². The second-order valence-electron chi connectivity index (χ2n) is 4.38. The predicted octanol–water partition coefficient (Wildman–Crippen LogP) is 3.22. The van der Waals surface area contributed by atoms with Crippen LogP contribution in [0.5, 0.6) is 0 Å². The fourth-order valence-electron chi connectivity index (χ4n) is 1.81. The minimum atomic E-state index is -0.492. The number of carbonyl (C=O) groups is 1. The molecule has 0 radical (unpaired) electrons. The number of hydrogen-bond donors (Lipinski definition) is 1. The van der Waals surface area contributed by atoms with Gasteiger partial charge in [-0.1, -0.05) is 30.3 Å². The molecule has 2 aromatic rings. The van der Waals surface area contributed by atoms with E-state index in [0.717, 1.165) is 5.56 Å². The topological polar surface area (TPSA) is 81.5 Å². The maximum absolute atomic E-state index is 11.5. The number of anilines is 1. The Hall–Kier alpha value is -3.15. The standard InChI is InChI=1S/C16H14N2O4/c1-22-16(19)11-15(12-5-3-2-4-6-12)17-13-7-9-14(10-8-13)18(20)21/h2-11,17H,1H3/b15-11-. The number of carbonyl (C=O) groups excluding carboxylic acids is 1. The first-order chi connectivity index (χ1) is 10.6. The monoisotopic (exact) mass is 298 g/mol. The van der Waals surface area contributed by atoms with Crippen LogP contribution in [-0.2, 0) is 9.53 Å². The van der Waals surface area contributed by atoms with Gasteiger partial charge in [0.25, 0.3) is 5.69 Å². The molecular weight excluding hydrogens is 284 g/mol. The lowest BCUT2D eigenvalue weighted by Gasteiger charge is -2.11. The molecule has 0 aliphatic rings. The Morgan fingerprint density at radius 1 is 1.14 bits per heavy atom. The quantitative estimate of drug-likeness (QED) is 0.396. The molecule has 1 N–H and O–H groups in total. The molecule has 6 heteroatoms. The average molecular weight is 298 g/mol. The number of esters is 1. The van der Waals surface area contributed by atoms with E-state index in [4.69, 9.17) is 0 Å². The number of methoxy groups -OCH3 is 1. The number of non-ortho nitro benzene ring substituents is 1. The van der Waals surface area contributed by atoms with Crippen molar-refractivity contribution in [3.63, 3.8) is 0 Å². The summed E-state index contributed by atoms with van der Waals surface area (Å²) in [6.45, 7) is 0. The Labute approximate surface area is 127 Å². The first-order valence-electron chi connectivity index (χ1n) is 6.46. The maximum Gasteiger partial charge on any atom is 0.332 e. The molecule has 0 aliphatic heterocycles. The molecule has 0 atom stereocenters. The van der Waals surface area contributed by atoms with E-state index in [1.165, 1.54) is 25.3 Å². The highest BCUT2D eigenvalue weighted by Gasteiger charge is 2.08. The SMILES string of the molecule is COC(=O)/C=C(\Nc1ccc([N+](=O)[O-])cc1)c1ccccc1. The molecule has 0 fully saturated rings. The fraction of sp³-hybridized carbons (Fsp3) is 0.0625. The summed E-state index contributed by atoms with van der Waals surface area (Å²) in [7, 11) is 1.30. The van der Waals surface area contributed by atoms with E-state index in [-0.39, 0.29) is 5.69 Å². The lowest BCUT2D eigenvalue weighted by molar-refractivity contribution is -0.384. The van der Waals surface area contributed by atoms with Gasteiger partial charge in [0.2, 0.25) is 0 Å². The first kappa shape index (κ1) is 15.2. The van der Waals surface area contributed by atoms with E-state index in [9.17, 15) is 14.9 Å². The van der Waals surface area contributed by atoms with Gasteiger partial charge in [0.1, 0.15) is 0 Å². The van der Waals surface area contributed by atoms with Gasteiger partial charge < -0.3 is 10.1 Å². The Bertz CT molecular complexity index is 694. The maximum atomic E-state index is 11.5. The molecule has 0 bridgehead atoms. The van der Waals surface area contributed by atoms with Crippen LogP contribution in [0.25, 0.3) is 5.70 Å². The van der Waals surface area contributed by atoms with Crippen molar-refractivity contribution >= 4 is 23.0 Å². The van der Waals surface area contributed by atoms with Gasteiger partial charge in [-0.15, -0.1) is 0 Å². The van der Waals surface area contributed by atoms with E-state index < -0.39 is 10.9 Å². The number of ether oxygens (including phenoxy) is 1. The summed E-state index contributed by atoms with van der Waals surface area (Å²) in [6.07, 6.45) is 1.33. The van der Waals surface area contributed by atoms with E-state index in [1.807, 2.05) is 30.3 Å². The van der Waals surface area contributed by atoms with Gasteiger partial charge in [0, 0.05) is 23.9 Å². The number of nitrogens with one attached hydrogen (secondary N) is 1. The highest BCUT2D eigenvalue weighted by Crippen LogP contribution is 2.21. The fourth-order valence-corrected chi connectivity index (χ4v) is 1.81. The summed E-state index contributed by atoms with van der Waals surface area (Å²) in [5.74, 6) is -0.492. The first-order valence-corrected chi connectivity index (χ1v) is 6.46. The van der Waals surface area contributed by atoms with Crippen molar-refractivity contribution in [3.8, 4) is 0 Å². The van der Waals surface area contributed by atoms with Crippen LogP contribution in [0.2, 0.25) is 0 Å². The van der Waals surface area contributed by atoms with Gasteiger partial charge in [-0.05, 0) is 17.7 Å². The van der Waals surface area contributed by atoms with Crippen molar-refractivity contribution in [2.75, 3.05) is 12.4 Å². The van der Waals surface area contributed by atoms with Crippen molar-refractivity contribution in [1.82, 2.24) is 0 Å². The average Bonchev–Trinajstić information content (AvgIpc) is 2.55. The minimum absolute atomic E-state index is 0.00348. The van der Waals surface area contributed by atoms with Crippen LogP contribution in [0.4, 0.5) is 11.4 Å². The number of nitrogens with zero attached hydrogens (tertiary/aromatic N) is 1. The largest absolute Gasteiger partial charge is 0.466 e. The van der Waals surface area contributed by atoms with Crippen LogP contribution < -0.4 is 5.32 Å². The molecular formula is C16H14N2O4. The zero-order chi connectivity index (χ0) is 15.9. The Balaban J connectivity index is 2.29. The highest BCUT2D eigenvalue weighted by molar-refractivity contribution is 5.94. The van der Waals surface area contributed by atoms with Gasteiger partial charge in [0.15, 0.2) is 0 Å². The second-order valence-corrected chi connectivity index (χ2v) is 4.38. The number of rotatable bonds is 5. The van der Waals surface area contributed by atoms with Crippen molar-refractivity contribution in [3.05, 3.63) is 76.4 Å². The van der Waals surface area contributed by atoms with Gasteiger partial charge in [0.05, 0.1) is 17.7 Å². The molecule has 2 aromatic carbocycles. The Kier molecular flexibility index (Phi) is 4.87. The smallest absolute Gasteiger partial charge is 0.332 e. The summed E-state index contributed by atoms with van der Waals surface area (Å²) < 4.78 is 4.65. The van der Waals surface area contributed by atoms with Crippen molar-refractivity contribution in [2.45, 2.75) is 0 Å². The van der Waals surface area contributed by atoms with Crippen LogP contribution in [0.3, 0.4) is 0 Å². The van der Waals surface area contributed by atoms with Crippen molar-refractivity contribution in [1.29, 1.82) is 0 Å². The molecule has 0 unspecified atom stereocenters. The third kappa shape index (κ3) is 3.92. The summed E-state index contributed by atoms with van der Waals surface area (Å²) in [5, 5.41) is 13.7. The van der Waals surface area contributed by atoms with E-state index in [2.05, 4.69) is 10.1 Å². The zero-order valence-corrected chi connectivity index (χ0v) is 11.9. The highest BCUT2D eigenvalue weighted by atomic mass is 16.6. The van der Waals surface area contributed by atoms with E-state index >= 15 is 0 Å². The molecule has 6 nitrogen and oxygen atoms in total. The van der Waals surface area contributed by atoms with Gasteiger partial charge in [-0.2, -0.15) is 0 Å². The Morgan fingerprint density at radius 2 is 1.77 bits per heavy atom. The molecule has 0 amide bonds. The molecule has 2 rings (SSSR count). The number of nitro groups is 1. The molecule has 0 aliphatic carbocycles. The van der Waals surface area contributed by atoms with Crippen molar-refractivity contribution < 1.29 is 14.5 Å². The van der Waals surface area contributed by atoms with Crippen LogP contribution >= 0.6 is 0 Å². The normalized spacial score (nSPS) is 10.9. The molecule has 22 heavy (non-hydrogen) atoms. The number of nitro benzene ring substituents is 1. The zero-order valence-electron chi connectivity index (χ0n) is 11.9. The third-order valence-electron chi connectivity index (χ3n) is 2.91. The van der Waals surface area contributed by atoms with Gasteiger partial charge in [-0.25, -0.2) is 4.79 Å². The van der Waals surface area contributed by atoms with Gasteiger partial charge in [-0.3, -0.25) is 10.1 Å². The summed E-state index contributed by atoms with van der Waals surface area (Å²) in [4.78, 5) is 21.7. The predicted molar refractivity (Wildman–Crippen MR) is 83.2 cm³/mol. The lowest BCUT2D eigenvalue weighted by Crippen LogP contribution is -2.04. The molecule has 0 saturated carbocycles. The molecule has 0 saturated heterocycles. The Morgan fingerprint density at radius 3 is 2.32 bits per heavy atom. The molecule has 0 heterocycles. The summed E-state index contributed by atoms with van der Waals surface area (Å²) in [6, 6.07) is 15.2. The van der Waals surface area contributed by atoms with Crippen LogP contribution in [0.15, 0.2) is 60.7 Å². The third-order valence-corrected chi connectivity index (χ3v) is 2.91. The summed E-state index contributed by atoms with van der Waals surface area (Å²) >= 11 is 0. The van der Waals surface area contributed by atoms with Crippen LogP contribution in [0.1, 0.15) is 5.56 Å². The van der Waals surface area contributed by atoms with Crippen molar-refractivity contribution in [2.24, 2.45) is 0 Å². The van der Waals surface area contributed by atoms with Crippen LogP contribution in [0, 0.1) is 10.1 Å². The lowest BCUT2D eigenvalue weighted by atomic mass is 10.1. The second kappa shape index (κ2) is 7.03. The number of hydrogen-bond acceptors (Lipinski definition) is 5. The van der Waals surface area contributed by atoms with E-state index in [1.54, 1.807) is 12.1 Å².